The van der Waals surface area contributed by atoms with Gasteiger partial charge in [-0.25, -0.2) is 13.8 Å². The number of carbonyl (C=O) groups excluding carboxylic acids is 2. The molecule has 2 aromatic rings. The molecule has 1 aromatic carbocycles. The first kappa shape index (κ1) is 19.2. The highest BCUT2D eigenvalue weighted by Gasteiger charge is 2.24. The summed E-state index contributed by atoms with van der Waals surface area (Å²) in [6.07, 6.45) is 1.13. The molecule has 0 saturated carbocycles. The molecule has 0 atom stereocenters. The van der Waals surface area contributed by atoms with E-state index in [-0.39, 0.29) is 24.2 Å². The average Bonchev–Trinajstić information content (AvgIpc) is 2.94. The highest BCUT2D eigenvalue weighted by Crippen LogP contribution is 2.24. The van der Waals surface area contributed by atoms with E-state index in [9.17, 15) is 18.4 Å². The smallest absolute Gasteiger partial charge is 0.282 e. The Morgan fingerprint density at radius 1 is 1.26 bits per heavy atom. The predicted octanol–water partition coefficient (Wildman–Crippen LogP) is 2.13. The van der Waals surface area contributed by atoms with Gasteiger partial charge in [-0.15, -0.1) is 11.3 Å². The van der Waals surface area contributed by atoms with E-state index in [0.717, 1.165) is 28.8 Å². The molecule has 144 valence electrons. The standard InChI is InChI=1S/C18H19F2N3O3S/c1-22(2)18(25)17-21-13-5-7-23(8-6-15(13)27-17)16(24)10-26-14-9-11(19)3-4-12(14)20/h3-4,9H,5-8,10H2,1-2H3. The number of aromatic nitrogens is 1. The minimum atomic E-state index is -0.718. The third-order valence-corrected chi connectivity index (χ3v) is 5.34. The van der Waals surface area contributed by atoms with E-state index in [0.29, 0.717) is 30.9 Å². The Hall–Kier alpha value is -2.55. The van der Waals surface area contributed by atoms with E-state index in [4.69, 9.17) is 4.74 Å². The molecule has 2 amide bonds. The molecule has 0 saturated heterocycles. The van der Waals surface area contributed by atoms with Gasteiger partial charge in [0, 0.05) is 51.0 Å². The highest BCUT2D eigenvalue weighted by molar-refractivity contribution is 7.13. The van der Waals surface area contributed by atoms with Crippen molar-refractivity contribution >= 4 is 23.2 Å². The SMILES string of the molecule is CN(C)C(=O)c1nc2c(s1)CCN(C(=O)COc1cc(F)ccc1F)CC2. The number of benzene rings is 1. The lowest BCUT2D eigenvalue weighted by Crippen LogP contribution is -2.37. The fourth-order valence-corrected chi connectivity index (χ4v) is 3.83. The molecule has 0 bridgehead atoms. The summed E-state index contributed by atoms with van der Waals surface area (Å²) in [5, 5.41) is 0.453. The Kier molecular flexibility index (Phi) is 5.69. The van der Waals surface area contributed by atoms with Gasteiger partial charge in [-0.1, -0.05) is 0 Å². The maximum Gasteiger partial charge on any atom is 0.282 e. The normalized spacial score (nSPS) is 13.7. The van der Waals surface area contributed by atoms with E-state index in [1.54, 1.807) is 19.0 Å². The minimum absolute atomic E-state index is 0.133. The summed E-state index contributed by atoms with van der Waals surface area (Å²) < 4.78 is 31.9. The number of hydrogen-bond donors (Lipinski definition) is 0. The van der Waals surface area contributed by atoms with Crippen molar-refractivity contribution in [2.75, 3.05) is 33.8 Å². The van der Waals surface area contributed by atoms with Crippen LogP contribution in [0.4, 0.5) is 8.78 Å². The Morgan fingerprint density at radius 3 is 2.74 bits per heavy atom. The number of amides is 2. The average molecular weight is 395 g/mol. The number of ether oxygens (including phenoxy) is 1. The van der Waals surface area contributed by atoms with Gasteiger partial charge in [-0.3, -0.25) is 9.59 Å². The maximum absolute atomic E-state index is 13.6. The Labute approximate surface area is 159 Å². The molecule has 0 unspecified atom stereocenters. The van der Waals surface area contributed by atoms with Gasteiger partial charge in [0.25, 0.3) is 11.8 Å². The Morgan fingerprint density at radius 2 is 2.00 bits per heavy atom. The van der Waals surface area contributed by atoms with Crippen molar-refractivity contribution in [1.82, 2.24) is 14.8 Å². The van der Waals surface area contributed by atoms with Gasteiger partial charge in [0.2, 0.25) is 0 Å². The summed E-state index contributed by atoms with van der Waals surface area (Å²) in [5.74, 6) is -2.08. The van der Waals surface area contributed by atoms with Crippen LogP contribution < -0.4 is 4.74 Å². The topological polar surface area (TPSA) is 62.7 Å². The van der Waals surface area contributed by atoms with Crippen molar-refractivity contribution < 1.29 is 23.1 Å². The van der Waals surface area contributed by atoms with Gasteiger partial charge >= 0.3 is 0 Å². The molecule has 9 heteroatoms. The zero-order chi connectivity index (χ0) is 19.6. The zero-order valence-corrected chi connectivity index (χ0v) is 15.8. The minimum Gasteiger partial charge on any atom is -0.481 e. The molecule has 0 fully saturated rings. The van der Waals surface area contributed by atoms with Crippen molar-refractivity contribution in [1.29, 1.82) is 0 Å². The maximum atomic E-state index is 13.6. The van der Waals surface area contributed by atoms with Crippen LogP contribution in [0.25, 0.3) is 0 Å². The molecular formula is C18H19F2N3O3S. The molecule has 0 aliphatic carbocycles. The van der Waals surface area contributed by atoms with Crippen molar-refractivity contribution in [3.63, 3.8) is 0 Å². The Bertz CT molecular complexity index is 844. The lowest BCUT2D eigenvalue weighted by atomic mass is 10.2. The second-order valence-electron chi connectivity index (χ2n) is 6.33. The van der Waals surface area contributed by atoms with E-state index in [1.165, 1.54) is 16.2 Å². The summed E-state index contributed by atoms with van der Waals surface area (Å²) >= 11 is 1.35. The number of carbonyl (C=O) groups is 2. The summed E-state index contributed by atoms with van der Waals surface area (Å²) in [6.45, 7) is 0.518. The molecule has 1 aromatic heterocycles. The zero-order valence-electron chi connectivity index (χ0n) is 15.0. The molecule has 1 aliphatic rings. The molecule has 2 heterocycles. The van der Waals surface area contributed by atoms with Gasteiger partial charge in [0.05, 0.1) is 5.69 Å². The largest absolute Gasteiger partial charge is 0.481 e. The number of halogens is 2. The van der Waals surface area contributed by atoms with Crippen LogP contribution in [0.15, 0.2) is 18.2 Å². The van der Waals surface area contributed by atoms with Gasteiger partial charge in [0.15, 0.2) is 23.2 Å². The van der Waals surface area contributed by atoms with Crippen molar-refractivity contribution in [3.05, 3.63) is 45.4 Å². The van der Waals surface area contributed by atoms with E-state index >= 15 is 0 Å². The lowest BCUT2D eigenvalue weighted by molar-refractivity contribution is -0.133. The molecule has 0 radical (unpaired) electrons. The molecule has 3 rings (SSSR count). The number of rotatable bonds is 4. The first-order chi connectivity index (χ1) is 12.8. The second-order valence-corrected chi connectivity index (χ2v) is 7.42. The van der Waals surface area contributed by atoms with Gasteiger partial charge in [-0.05, 0) is 12.1 Å². The molecule has 0 spiro atoms. The number of hydrogen-bond acceptors (Lipinski definition) is 5. The molecule has 6 nitrogen and oxygen atoms in total. The number of fused-ring (bicyclic) bond motifs is 1. The molecule has 0 N–H and O–H groups in total. The fourth-order valence-electron chi connectivity index (χ4n) is 2.71. The summed E-state index contributed by atoms with van der Waals surface area (Å²) in [5.41, 5.74) is 0.831. The van der Waals surface area contributed by atoms with Crippen LogP contribution in [0.3, 0.4) is 0 Å². The van der Waals surface area contributed by atoms with Crippen LogP contribution >= 0.6 is 11.3 Å². The molecular weight excluding hydrogens is 376 g/mol. The van der Waals surface area contributed by atoms with Gasteiger partial charge in [-0.2, -0.15) is 0 Å². The van der Waals surface area contributed by atoms with Crippen molar-refractivity contribution in [3.8, 4) is 5.75 Å². The van der Waals surface area contributed by atoms with Crippen LogP contribution in [-0.2, 0) is 17.6 Å². The van der Waals surface area contributed by atoms with Crippen LogP contribution in [0.5, 0.6) is 5.75 Å². The third-order valence-electron chi connectivity index (χ3n) is 4.19. The quantitative estimate of drug-likeness (QED) is 0.796. The lowest BCUT2D eigenvalue weighted by Gasteiger charge is -2.20. The number of nitrogens with zero attached hydrogens (tertiary/aromatic N) is 3. The van der Waals surface area contributed by atoms with E-state index < -0.39 is 11.6 Å². The van der Waals surface area contributed by atoms with Crippen LogP contribution in [0, 0.1) is 11.6 Å². The Balaban J connectivity index is 1.59. The summed E-state index contributed by atoms with van der Waals surface area (Å²) in [6, 6.07) is 2.85. The van der Waals surface area contributed by atoms with Crippen molar-refractivity contribution in [2.24, 2.45) is 0 Å². The first-order valence-electron chi connectivity index (χ1n) is 8.41. The third kappa shape index (κ3) is 4.41. The monoisotopic (exact) mass is 395 g/mol. The first-order valence-corrected chi connectivity index (χ1v) is 9.22. The van der Waals surface area contributed by atoms with Gasteiger partial charge < -0.3 is 14.5 Å². The predicted molar refractivity (Wildman–Crippen MR) is 96.0 cm³/mol. The van der Waals surface area contributed by atoms with Crippen LogP contribution in [0.1, 0.15) is 20.4 Å². The van der Waals surface area contributed by atoms with Crippen LogP contribution in [-0.4, -0.2) is 60.4 Å². The number of thiazole rings is 1. The highest BCUT2D eigenvalue weighted by atomic mass is 32.1. The summed E-state index contributed by atoms with van der Waals surface area (Å²) in [4.78, 5) is 32.9. The molecule has 27 heavy (non-hydrogen) atoms. The summed E-state index contributed by atoms with van der Waals surface area (Å²) in [7, 11) is 3.35. The van der Waals surface area contributed by atoms with Crippen LogP contribution in [0.2, 0.25) is 0 Å². The molecule has 1 aliphatic heterocycles. The van der Waals surface area contributed by atoms with E-state index in [1.807, 2.05) is 0 Å². The van der Waals surface area contributed by atoms with Gasteiger partial charge in [0.1, 0.15) is 5.82 Å². The second kappa shape index (κ2) is 7.99. The van der Waals surface area contributed by atoms with Crippen molar-refractivity contribution in [2.45, 2.75) is 12.8 Å². The van der Waals surface area contributed by atoms with E-state index in [2.05, 4.69) is 4.98 Å². The fraction of sp³-hybridized carbons (Fsp3) is 0.389.